The van der Waals surface area contributed by atoms with Crippen molar-refractivity contribution in [3.63, 3.8) is 0 Å². The van der Waals surface area contributed by atoms with Gasteiger partial charge in [0.1, 0.15) is 0 Å². The fourth-order valence-corrected chi connectivity index (χ4v) is 1.74. The standard InChI is InChI=1S/C10H11ClN2/c1-6(12)8-5-13-10-7(8)3-2-4-9(10)11/h2-6,13H,12H2,1H3. The van der Waals surface area contributed by atoms with Gasteiger partial charge in [-0.2, -0.15) is 0 Å². The number of halogens is 1. The molecule has 68 valence electrons. The van der Waals surface area contributed by atoms with Crippen LogP contribution in [0.15, 0.2) is 24.4 Å². The number of aromatic nitrogens is 1. The molecule has 0 amide bonds. The van der Waals surface area contributed by atoms with E-state index in [1.807, 2.05) is 31.3 Å². The van der Waals surface area contributed by atoms with Crippen molar-refractivity contribution in [3.05, 3.63) is 35.0 Å². The van der Waals surface area contributed by atoms with Gasteiger partial charge in [0.05, 0.1) is 10.5 Å². The average Bonchev–Trinajstić information content (AvgIpc) is 2.48. The molecule has 1 aromatic carbocycles. The summed E-state index contributed by atoms with van der Waals surface area (Å²) in [6.07, 6.45) is 1.92. The molecule has 0 radical (unpaired) electrons. The fraction of sp³-hybridized carbons (Fsp3) is 0.200. The molecule has 1 aromatic heterocycles. The van der Waals surface area contributed by atoms with E-state index in [-0.39, 0.29) is 6.04 Å². The molecule has 0 aliphatic heterocycles. The van der Waals surface area contributed by atoms with Crippen molar-refractivity contribution in [2.45, 2.75) is 13.0 Å². The number of hydrogen-bond acceptors (Lipinski definition) is 1. The molecule has 2 nitrogen and oxygen atoms in total. The second-order valence-corrected chi connectivity index (χ2v) is 3.60. The summed E-state index contributed by atoms with van der Waals surface area (Å²) in [6.45, 7) is 1.96. The number of aromatic amines is 1. The zero-order valence-corrected chi connectivity index (χ0v) is 8.10. The highest BCUT2D eigenvalue weighted by molar-refractivity contribution is 6.35. The predicted molar refractivity (Wildman–Crippen MR) is 55.9 cm³/mol. The van der Waals surface area contributed by atoms with Gasteiger partial charge in [0.15, 0.2) is 0 Å². The second-order valence-electron chi connectivity index (χ2n) is 3.20. The maximum absolute atomic E-state index is 6.00. The first-order chi connectivity index (χ1) is 6.20. The molecule has 0 fully saturated rings. The van der Waals surface area contributed by atoms with E-state index in [9.17, 15) is 0 Å². The van der Waals surface area contributed by atoms with Crippen LogP contribution in [0, 0.1) is 0 Å². The number of hydrogen-bond donors (Lipinski definition) is 2. The molecule has 13 heavy (non-hydrogen) atoms. The third-order valence-corrected chi connectivity index (χ3v) is 2.50. The largest absolute Gasteiger partial charge is 0.360 e. The minimum absolute atomic E-state index is 0.0345. The van der Waals surface area contributed by atoms with Crippen molar-refractivity contribution in [2.24, 2.45) is 5.73 Å². The molecule has 0 saturated heterocycles. The van der Waals surface area contributed by atoms with Crippen LogP contribution in [0.5, 0.6) is 0 Å². The number of H-pyrrole nitrogens is 1. The van der Waals surface area contributed by atoms with Gasteiger partial charge in [0.2, 0.25) is 0 Å². The summed E-state index contributed by atoms with van der Waals surface area (Å²) in [7, 11) is 0. The molecule has 1 heterocycles. The first-order valence-corrected chi connectivity index (χ1v) is 4.59. The van der Waals surface area contributed by atoms with E-state index in [0.29, 0.717) is 0 Å². The van der Waals surface area contributed by atoms with E-state index in [1.165, 1.54) is 0 Å². The second kappa shape index (κ2) is 3.05. The summed E-state index contributed by atoms with van der Waals surface area (Å²) in [5.74, 6) is 0. The number of rotatable bonds is 1. The zero-order chi connectivity index (χ0) is 9.42. The Labute approximate surface area is 81.7 Å². The number of para-hydroxylation sites is 1. The Kier molecular flexibility index (Phi) is 2.02. The van der Waals surface area contributed by atoms with Crippen molar-refractivity contribution < 1.29 is 0 Å². The smallest absolute Gasteiger partial charge is 0.0647 e. The van der Waals surface area contributed by atoms with Crippen LogP contribution in [0.3, 0.4) is 0 Å². The summed E-state index contributed by atoms with van der Waals surface area (Å²) in [6, 6.07) is 5.86. The molecule has 0 aliphatic carbocycles. The van der Waals surface area contributed by atoms with Crippen LogP contribution in [0.4, 0.5) is 0 Å². The highest BCUT2D eigenvalue weighted by Crippen LogP contribution is 2.27. The Morgan fingerprint density at radius 2 is 2.23 bits per heavy atom. The van der Waals surface area contributed by atoms with Crippen molar-refractivity contribution >= 4 is 22.5 Å². The van der Waals surface area contributed by atoms with Crippen LogP contribution in [-0.2, 0) is 0 Å². The zero-order valence-electron chi connectivity index (χ0n) is 7.34. The summed E-state index contributed by atoms with van der Waals surface area (Å²) >= 11 is 6.00. The summed E-state index contributed by atoms with van der Waals surface area (Å²) < 4.78 is 0. The lowest BCUT2D eigenvalue weighted by Crippen LogP contribution is -2.03. The van der Waals surface area contributed by atoms with E-state index in [1.54, 1.807) is 0 Å². The Hall–Kier alpha value is -0.990. The molecule has 2 aromatic rings. The van der Waals surface area contributed by atoms with Crippen LogP contribution < -0.4 is 5.73 Å². The topological polar surface area (TPSA) is 41.8 Å². The van der Waals surface area contributed by atoms with Crippen LogP contribution in [-0.4, -0.2) is 4.98 Å². The lowest BCUT2D eigenvalue weighted by Gasteiger charge is -2.02. The average molecular weight is 195 g/mol. The van der Waals surface area contributed by atoms with E-state index < -0.39 is 0 Å². The van der Waals surface area contributed by atoms with Crippen molar-refractivity contribution in [3.8, 4) is 0 Å². The number of nitrogens with two attached hydrogens (primary N) is 1. The lowest BCUT2D eigenvalue weighted by atomic mass is 10.1. The van der Waals surface area contributed by atoms with Gasteiger partial charge < -0.3 is 10.7 Å². The first kappa shape index (κ1) is 8.60. The van der Waals surface area contributed by atoms with Gasteiger partial charge in [-0.25, -0.2) is 0 Å². The third kappa shape index (κ3) is 1.32. The van der Waals surface area contributed by atoms with E-state index in [2.05, 4.69) is 4.98 Å². The Morgan fingerprint density at radius 3 is 2.92 bits per heavy atom. The molecule has 3 heteroatoms. The molecule has 0 aliphatic rings. The van der Waals surface area contributed by atoms with Crippen LogP contribution in [0.1, 0.15) is 18.5 Å². The normalized spacial score (nSPS) is 13.5. The van der Waals surface area contributed by atoms with Gasteiger partial charge in [-0.1, -0.05) is 23.7 Å². The summed E-state index contributed by atoms with van der Waals surface area (Å²) in [5, 5.41) is 1.85. The molecule has 2 rings (SSSR count). The maximum atomic E-state index is 6.00. The Bertz CT molecular complexity index is 431. The first-order valence-electron chi connectivity index (χ1n) is 4.21. The molecule has 0 spiro atoms. The van der Waals surface area contributed by atoms with Gasteiger partial charge in [0.25, 0.3) is 0 Å². The minimum atomic E-state index is 0.0345. The Balaban J connectivity index is 2.75. The highest BCUT2D eigenvalue weighted by Gasteiger charge is 2.08. The van der Waals surface area contributed by atoms with Gasteiger partial charge in [-0.3, -0.25) is 0 Å². The van der Waals surface area contributed by atoms with Gasteiger partial charge in [-0.05, 0) is 18.6 Å². The van der Waals surface area contributed by atoms with Crippen molar-refractivity contribution in [1.29, 1.82) is 0 Å². The van der Waals surface area contributed by atoms with Gasteiger partial charge in [0, 0.05) is 17.6 Å². The van der Waals surface area contributed by atoms with E-state index in [4.69, 9.17) is 17.3 Å². The molecule has 3 N–H and O–H groups in total. The molecular weight excluding hydrogens is 184 g/mol. The summed E-state index contributed by atoms with van der Waals surface area (Å²) in [5.41, 5.74) is 7.89. The monoisotopic (exact) mass is 194 g/mol. The van der Waals surface area contributed by atoms with Crippen molar-refractivity contribution in [1.82, 2.24) is 4.98 Å². The maximum Gasteiger partial charge on any atom is 0.0647 e. The minimum Gasteiger partial charge on any atom is -0.360 e. The van der Waals surface area contributed by atoms with Gasteiger partial charge >= 0.3 is 0 Å². The fourth-order valence-electron chi connectivity index (χ4n) is 1.52. The van der Waals surface area contributed by atoms with E-state index >= 15 is 0 Å². The predicted octanol–water partition coefficient (Wildman–Crippen LogP) is 2.84. The molecule has 1 unspecified atom stereocenters. The third-order valence-electron chi connectivity index (χ3n) is 2.19. The molecule has 0 saturated carbocycles. The number of fused-ring (bicyclic) bond motifs is 1. The van der Waals surface area contributed by atoms with Crippen LogP contribution in [0.2, 0.25) is 5.02 Å². The highest BCUT2D eigenvalue weighted by atomic mass is 35.5. The molecule has 0 bridgehead atoms. The number of benzene rings is 1. The SMILES string of the molecule is CC(N)c1c[nH]c2c(Cl)cccc12. The van der Waals surface area contributed by atoms with Gasteiger partial charge in [-0.15, -0.1) is 0 Å². The van der Waals surface area contributed by atoms with Crippen LogP contribution in [0.25, 0.3) is 10.9 Å². The molecule has 1 atom stereocenters. The Morgan fingerprint density at radius 1 is 1.46 bits per heavy atom. The number of nitrogens with one attached hydrogen (secondary N) is 1. The lowest BCUT2D eigenvalue weighted by molar-refractivity contribution is 0.826. The van der Waals surface area contributed by atoms with E-state index in [0.717, 1.165) is 21.5 Å². The summed E-state index contributed by atoms with van der Waals surface area (Å²) in [4.78, 5) is 3.13. The van der Waals surface area contributed by atoms with Crippen LogP contribution >= 0.6 is 11.6 Å². The van der Waals surface area contributed by atoms with Crippen molar-refractivity contribution in [2.75, 3.05) is 0 Å². The quantitative estimate of drug-likeness (QED) is 0.720. The molecular formula is C10H11ClN2.